The van der Waals surface area contributed by atoms with Gasteiger partial charge in [0, 0.05) is 22.7 Å². The zero-order valence-corrected chi connectivity index (χ0v) is 13.3. The Labute approximate surface area is 123 Å². The SMILES string of the molecule is CCn1nc(C)c(/C=C(\C#N)c2nc(C)c(C)s2)c1C. The van der Waals surface area contributed by atoms with Crippen molar-refractivity contribution in [2.24, 2.45) is 0 Å². The first-order valence-corrected chi connectivity index (χ1v) is 7.39. The molecule has 0 aliphatic heterocycles. The topological polar surface area (TPSA) is 54.5 Å². The van der Waals surface area contributed by atoms with Gasteiger partial charge in [-0.3, -0.25) is 4.68 Å². The number of allylic oxidation sites excluding steroid dienone is 1. The summed E-state index contributed by atoms with van der Waals surface area (Å²) in [7, 11) is 0. The van der Waals surface area contributed by atoms with Gasteiger partial charge in [0.25, 0.3) is 0 Å². The van der Waals surface area contributed by atoms with Crippen LogP contribution in [0, 0.1) is 39.0 Å². The van der Waals surface area contributed by atoms with Crippen LogP contribution >= 0.6 is 11.3 Å². The lowest BCUT2D eigenvalue weighted by molar-refractivity contribution is 0.634. The van der Waals surface area contributed by atoms with Crippen LogP contribution in [0.2, 0.25) is 0 Å². The van der Waals surface area contributed by atoms with E-state index in [0.717, 1.165) is 39.1 Å². The fraction of sp³-hybridized carbons (Fsp3) is 0.400. The molecular formula is C15H18N4S. The van der Waals surface area contributed by atoms with Gasteiger partial charge in [-0.2, -0.15) is 10.4 Å². The molecule has 0 saturated heterocycles. The third-order valence-electron chi connectivity index (χ3n) is 3.41. The van der Waals surface area contributed by atoms with Crippen LogP contribution in [-0.2, 0) is 6.54 Å². The number of nitrogens with zero attached hydrogens (tertiary/aromatic N) is 4. The molecule has 0 aromatic carbocycles. The number of aryl methyl sites for hydroxylation is 4. The summed E-state index contributed by atoms with van der Waals surface area (Å²) in [6.45, 7) is 10.9. The Morgan fingerprint density at radius 3 is 2.45 bits per heavy atom. The Morgan fingerprint density at radius 1 is 1.30 bits per heavy atom. The molecule has 0 fully saturated rings. The zero-order chi connectivity index (χ0) is 14.9. The number of hydrogen-bond acceptors (Lipinski definition) is 4. The van der Waals surface area contributed by atoms with Crippen LogP contribution in [0.3, 0.4) is 0 Å². The lowest BCUT2D eigenvalue weighted by Crippen LogP contribution is -1.98. The molecule has 0 unspecified atom stereocenters. The molecule has 2 aromatic rings. The Kier molecular flexibility index (Phi) is 4.05. The average Bonchev–Trinajstić information content (AvgIpc) is 2.88. The molecule has 0 atom stereocenters. The highest BCUT2D eigenvalue weighted by atomic mass is 32.1. The summed E-state index contributed by atoms with van der Waals surface area (Å²) in [5, 5.41) is 14.7. The summed E-state index contributed by atoms with van der Waals surface area (Å²) < 4.78 is 1.95. The summed E-state index contributed by atoms with van der Waals surface area (Å²) in [6.07, 6.45) is 1.90. The minimum Gasteiger partial charge on any atom is -0.269 e. The van der Waals surface area contributed by atoms with Crippen molar-refractivity contribution < 1.29 is 0 Å². The first-order chi connectivity index (χ1) is 9.47. The largest absolute Gasteiger partial charge is 0.269 e. The van der Waals surface area contributed by atoms with Crippen molar-refractivity contribution in [1.82, 2.24) is 14.8 Å². The van der Waals surface area contributed by atoms with Gasteiger partial charge in [-0.25, -0.2) is 4.98 Å². The molecule has 5 heteroatoms. The molecule has 0 spiro atoms. The van der Waals surface area contributed by atoms with Crippen molar-refractivity contribution in [2.75, 3.05) is 0 Å². The van der Waals surface area contributed by atoms with E-state index in [4.69, 9.17) is 0 Å². The molecular weight excluding hydrogens is 268 g/mol. The summed E-state index contributed by atoms with van der Waals surface area (Å²) in [4.78, 5) is 5.62. The Balaban J connectivity index is 2.52. The molecule has 0 radical (unpaired) electrons. The van der Waals surface area contributed by atoms with Crippen molar-refractivity contribution in [3.8, 4) is 6.07 Å². The predicted octanol–water partition coefficient (Wildman–Crippen LogP) is 3.66. The number of hydrogen-bond donors (Lipinski definition) is 0. The standard InChI is InChI=1S/C15H18N4S/c1-6-19-11(4)14(10(3)18-19)7-13(8-16)15-17-9(2)12(5)20-15/h7H,6H2,1-5H3/b13-7+. The summed E-state index contributed by atoms with van der Waals surface area (Å²) in [5.41, 5.74) is 4.65. The van der Waals surface area contributed by atoms with Gasteiger partial charge in [0.1, 0.15) is 11.1 Å². The molecule has 2 heterocycles. The first kappa shape index (κ1) is 14.5. The highest BCUT2D eigenvalue weighted by molar-refractivity contribution is 7.12. The van der Waals surface area contributed by atoms with Crippen molar-refractivity contribution in [3.63, 3.8) is 0 Å². The van der Waals surface area contributed by atoms with Crippen LogP contribution in [0.25, 0.3) is 11.6 Å². The van der Waals surface area contributed by atoms with Gasteiger partial charge in [0.2, 0.25) is 0 Å². The normalized spacial score (nSPS) is 11.7. The maximum absolute atomic E-state index is 9.41. The van der Waals surface area contributed by atoms with E-state index in [1.165, 1.54) is 0 Å². The van der Waals surface area contributed by atoms with Crippen molar-refractivity contribution in [3.05, 3.63) is 32.5 Å². The van der Waals surface area contributed by atoms with Crippen LogP contribution < -0.4 is 0 Å². The van der Waals surface area contributed by atoms with Gasteiger partial charge in [-0.1, -0.05) is 0 Å². The van der Waals surface area contributed by atoms with E-state index >= 15 is 0 Å². The molecule has 0 aliphatic rings. The molecule has 0 amide bonds. The fourth-order valence-electron chi connectivity index (χ4n) is 2.10. The Hall–Kier alpha value is -1.93. The van der Waals surface area contributed by atoms with Gasteiger partial charge >= 0.3 is 0 Å². The van der Waals surface area contributed by atoms with Crippen LogP contribution in [0.1, 0.15) is 39.5 Å². The van der Waals surface area contributed by atoms with E-state index in [1.807, 2.05) is 38.5 Å². The highest BCUT2D eigenvalue weighted by Gasteiger charge is 2.13. The van der Waals surface area contributed by atoms with Crippen molar-refractivity contribution in [1.29, 1.82) is 5.26 Å². The monoisotopic (exact) mass is 286 g/mol. The van der Waals surface area contributed by atoms with Crippen molar-refractivity contribution in [2.45, 2.75) is 41.2 Å². The number of rotatable bonds is 3. The van der Waals surface area contributed by atoms with Crippen LogP contribution in [0.4, 0.5) is 0 Å². The third-order valence-corrected chi connectivity index (χ3v) is 4.51. The number of aromatic nitrogens is 3. The lowest BCUT2D eigenvalue weighted by Gasteiger charge is -1.99. The smallest absolute Gasteiger partial charge is 0.134 e. The van der Waals surface area contributed by atoms with Gasteiger partial charge < -0.3 is 0 Å². The predicted molar refractivity (Wildman–Crippen MR) is 82.4 cm³/mol. The molecule has 104 valence electrons. The van der Waals surface area contributed by atoms with Gasteiger partial charge in [-0.15, -0.1) is 11.3 Å². The molecule has 0 N–H and O–H groups in total. The van der Waals surface area contributed by atoms with E-state index < -0.39 is 0 Å². The third kappa shape index (κ3) is 2.52. The fourth-order valence-corrected chi connectivity index (χ4v) is 2.98. The molecule has 2 rings (SSSR count). The van der Waals surface area contributed by atoms with Crippen LogP contribution in [-0.4, -0.2) is 14.8 Å². The minimum absolute atomic E-state index is 0.605. The van der Waals surface area contributed by atoms with E-state index in [2.05, 4.69) is 23.1 Å². The van der Waals surface area contributed by atoms with Gasteiger partial charge in [0.15, 0.2) is 0 Å². The quantitative estimate of drug-likeness (QED) is 0.809. The minimum atomic E-state index is 0.605. The van der Waals surface area contributed by atoms with E-state index in [-0.39, 0.29) is 0 Å². The second kappa shape index (κ2) is 5.59. The summed E-state index contributed by atoms with van der Waals surface area (Å²) in [5.74, 6) is 0. The average molecular weight is 286 g/mol. The highest BCUT2D eigenvalue weighted by Crippen LogP contribution is 2.26. The Morgan fingerprint density at radius 2 is 2.00 bits per heavy atom. The maximum Gasteiger partial charge on any atom is 0.134 e. The Bertz CT molecular complexity index is 694. The lowest BCUT2D eigenvalue weighted by atomic mass is 10.1. The maximum atomic E-state index is 9.41. The van der Waals surface area contributed by atoms with Crippen LogP contribution in [0.5, 0.6) is 0 Å². The summed E-state index contributed by atoms with van der Waals surface area (Å²) in [6, 6.07) is 2.26. The van der Waals surface area contributed by atoms with Gasteiger partial charge in [-0.05, 0) is 40.7 Å². The molecule has 0 saturated carbocycles. The molecule has 0 aliphatic carbocycles. The van der Waals surface area contributed by atoms with E-state index in [1.54, 1.807) is 11.3 Å². The molecule has 0 bridgehead atoms. The second-order valence-corrected chi connectivity index (χ2v) is 5.93. The molecule has 2 aromatic heterocycles. The zero-order valence-electron chi connectivity index (χ0n) is 12.5. The second-order valence-electron chi connectivity index (χ2n) is 4.73. The summed E-state index contributed by atoms with van der Waals surface area (Å²) >= 11 is 1.56. The number of nitriles is 1. The van der Waals surface area contributed by atoms with E-state index in [0.29, 0.717) is 5.57 Å². The van der Waals surface area contributed by atoms with Gasteiger partial charge in [0.05, 0.1) is 17.0 Å². The molecule has 4 nitrogen and oxygen atoms in total. The molecule has 20 heavy (non-hydrogen) atoms. The first-order valence-electron chi connectivity index (χ1n) is 6.58. The van der Waals surface area contributed by atoms with Crippen LogP contribution in [0.15, 0.2) is 0 Å². The van der Waals surface area contributed by atoms with Crippen molar-refractivity contribution >= 4 is 23.0 Å². The van der Waals surface area contributed by atoms with E-state index in [9.17, 15) is 5.26 Å². The number of thiazole rings is 1.